The molecule has 1 aromatic rings. The molecule has 4 heteroatoms. The highest BCUT2D eigenvalue weighted by Gasteiger charge is 2.20. The van der Waals surface area contributed by atoms with Crippen molar-refractivity contribution in [3.05, 3.63) is 35.1 Å². The highest BCUT2D eigenvalue weighted by Crippen LogP contribution is 2.25. The van der Waals surface area contributed by atoms with E-state index in [4.69, 9.17) is 0 Å². The molecule has 1 aromatic carbocycles. The first kappa shape index (κ1) is 15.4. The van der Waals surface area contributed by atoms with E-state index in [1.54, 1.807) is 6.07 Å². The summed E-state index contributed by atoms with van der Waals surface area (Å²) in [5, 5.41) is 3.35. The lowest BCUT2D eigenvalue weighted by Crippen LogP contribution is -2.45. The van der Waals surface area contributed by atoms with Crippen LogP contribution in [0, 0.1) is 12.7 Å². The van der Waals surface area contributed by atoms with Crippen molar-refractivity contribution in [2.45, 2.75) is 26.3 Å². The molecule has 1 N–H and O–H groups in total. The van der Waals surface area contributed by atoms with Crippen LogP contribution in [0.15, 0.2) is 18.2 Å². The van der Waals surface area contributed by atoms with Crippen molar-refractivity contribution in [3.8, 4) is 0 Å². The monoisotopic (exact) mass is 272 g/mol. The van der Waals surface area contributed by atoms with Crippen molar-refractivity contribution in [2.24, 2.45) is 0 Å². The van der Waals surface area contributed by atoms with E-state index in [0.717, 1.165) is 43.7 Å². The molecule has 0 amide bonds. The molecule has 0 radical (unpaired) electrons. The zero-order valence-electron chi connectivity index (χ0n) is 11.1. The maximum Gasteiger partial charge on any atom is 0.126 e. The van der Waals surface area contributed by atoms with Gasteiger partial charge >= 0.3 is 0 Å². The predicted octanol–water partition coefficient (Wildman–Crippen LogP) is 2.91. The summed E-state index contributed by atoms with van der Waals surface area (Å²) in [4.78, 5) is 2.45. The van der Waals surface area contributed by atoms with E-state index in [1.165, 1.54) is 0 Å². The predicted molar refractivity (Wildman–Crippen MR) is 75.9 cm³/mol. The first-order chi connectivity index (χ1) is 8.22. The summed E-state index contributed by atoms with van der Waals surface area (Å²) in [6, 6.07) is 6.00. The third kappa shape index (κ3) is 3.44. The van der Waals surface area contributed by atoms with Gasteiger partial charge in [-0.15, -0.1) is 12.4 Å². The second kappa shape index (κ2) is 7.07. The molecule has 102 valence electrons. The van der Waals surface area contributed by atoms with Gasteiger partial charge in [-0.1, -0.05) is 19.1 Å². The molecule has 0 spiro atoms. The Bertz CT molecular complexity index is 378. The van der Waals surface area contributed by atoms with Crippen LogP contribution in [0.2, 0.25) is 0 Å². The van der Waals surface area contributed by atoms with Gasteiger partial charge in [0.15, 0.2) is 0 Å². The summed E-state index contributed by atoms with van der Waals surface area (Å²) in [5.41, 5.74) is 1.83. The number of aryl methyl sites for hydroxylation is 1. The quantitative estimate of drug-likeness (QED) is 0.910. The maximum atomic E-state index is 13.6. The Kier molecular flexibility index (Phi) is 6.06. The third-order valence-electron chi connectivity index (χ3n) is 3.56. The Labute approximate surface area is 115 Å². The van der Waals surface area contributed by atoms with Crippen LogP contribution in [0.5, 0.6) is 0 Å². The molecule has 1 aliphatic rings. The van der Waals surface area contributed by atoms with Gasteiger partial charge in [-0.25, -0.2) is 4.39 Å². The SMILES string of the molecule is CC[C@@H](c1ccc(C)c(F)c1)N1CCNCC1.Cl. The summed E-state index contributed by atoms with van der Waals surface area (Å²) in [7, 11) is 0. The molecule has 2 nitrogen and oxygen atoms in total. The Morgan fingerprint density at radius 2 is 2.00 bits per heavy atom. The Hall–Kier alpha value is -0.640. The highest BCUT2D eigenvalue weighted by atomic mass is 35.5. The first-order valence-electron chi connectivity index (χ1n) is 6.43. The van der Waals surface area contributed by atoms with E-state index in [2.05, 4.69) is 23.2 Å². The summed E-state index contributed by atoms with van der Waals surface area (Å²) < 4.78 is 13.6. The first-order valence-corrected chi connectivity index (χ1v) is 6.43. The molecule has 18 heavy (non-hydrogen) atoms. The van der Waals surface area contributed by atoms with E-state index in [9.17, 15) is 4.39 Å². The average Bonchev–Trinajstić information content (AvgIpc) is 2.36. The van der Waals surface area contributed by atoms with Gasteiger partial charge in [-0.2, -0.15) is 0 Å². The van der Waals surface area contributed by atoms with Crippen LogP contribution in [0.1, 0.15) is 30.5 Å². The van der Waals surface area contributed by atoms with Gasteiger partial charge in [0.05, 0.1) is 0 Å². The van der Waals surface area contributed by atoms with Crippen LogP contribution in [0.4, 0.5) is 4.39 Å². The minimum Gasteiger partial charge on any atom is -0.314 e. The fourth-order valence-corrected chi connectivity index (χ4v) is 2.51. The van der Waals surface area contributed by atoms with Crippen molar-refractivity contribution in [3.63, 3.8) is 0 Å². The lowest BCUT2D eigenvalue weighted by atomic mass is 10.0. The van der Waals surface area contributed by atoms with Crippen LogP contribution in [0.3, 0.4) is 0 Å². The minimum absolute atomic E-state index is 0. The molecule has 1 atom stereocenters. The number of nitrogens with zero attached hydrogens (tertiary/aromatic N) is 1. The number of nitrogens with one attached hydrogen (secondary N) is 1. The smallest absolute Gasteiger partial charge is 0.126 e. The van der Waals surface area contributed by atoms with E-state index in [1.807, 2.05) is 13.0 Å². The van der Waals surface area contributed by atoms with Crippen molar-refractivity contribution in [1.29, 1.82) is 0 Å². The topological polar surface area (TPSA) is 15.3 Å². The van der Waals surface area contributed by atoms with Gasteiger partial charge < -0.3 is 5.32 Å². The van der Waals surface area contributed by atoms with E-state index in [0.29, 0.717) is 6.04 Å². The Balaban J connectivity index is 0.00000162. The van der Waals surface area contributed by atoms with Crippen molar-refractivity contribution in [1.82, 2.24) is 10.2 Å². The highest BCUT2D eigenvalue weighted by molar-refractivity contribution is 5.85. The number of benzene rings is 1. The normalized spacial score (nSPS) is 18.2. The second-order valence-electron chi connectivity index (χ2n) is 4.72. The fourth-order valence-electron chi connectivity index (χ4n) is 2.51. The molecule has 0 aliphatic carbocycles. The maximum absolute atomic E-state index is 13.6. The number of rotatable bonds is 3. The van der Waals surface area contributed by atoms with Crippen LogP contribution in [-0.4, -0.2) is 31.1 Å². The third-order valence-corrected chi connectivity index (χ3v) is 3.56. The van der Waals surface area contributed by atoms with Gasteiger partial charge in [0.2, 0.25) is 0 Å². The summed E-state index contributed by atoms with van der Waals surface area (Å²) >= 11 is 0. The molecule has 1 heterocycles. The van der Waals surface area contributed by atoms with Crippen LogP contribution < -0.4 is 5.32 Å². The van der Waals surface area contributed by atoms with Crippen LogP contribution in [-0.2, 0) is 0 Å². The Morgan fingerprint density at radius 3 is 2.56 bits per heavy atom. The van der Waals surface area contributed by atoms with E-state index < -0.39 is 0 Å². The molecule has 1 aliphatic heterocycles. The van der Waals surface area contributed by atoms with Gasteiger partial charge in [0, 0.05) is 32.2 Å². The molecular weight excluding hydrogens is 251 g/mol. The van der Waals surface area contributed by atoms with Gasteiger partial charge in [-0.3, -0.25) is 4.90 Å². The van der Waals surface area contributed by atoms with Gasteiger partial charge in [-0.05, 0) is 30.5 Å². The minimum atomic E-state index is -0.0870. The largest absolute Gasteiger partial charge is 0.314 e. The van der Waals surface area contributed by atoms with E-state index in [-0.39, 0.29) is 18.2 Å². The molecular formula is C14H22ClFN2. The average molecular weight is 273 g/mol. The van der Waals surface area contributed by atoms with Gasteiger partial charge in [0.25, 0.3) is 0 Å². The summed E-state index contributed by atoms with van der Waals surface area (Å²) in [6.07, 6.45) is 1.03. The second-order valence-corrected chi connectivity index (χ2v) is 4.72. The number of piperazine rings is 1. The van der Waals surface area contributed by atoms with E-state index >= 15 is 0 Å². The van der Waals surface area contributed by atoms with Crippen LogP contribution in [0.25, 0.3) is 0 Å². The van der Waals surface area contributed by atoms with Crippen molar-refractivity contribution in [2.75, 3.05) is 26.2 Å². The lowest BCUT2D eigenvalue weighted by molar-refractivity contribution is 0.169. The zero-order chi connectivity index (χ0) is 12.3. The lowest BCUT2D eigenvalue weighted by Gasteiger charge is -2.34. The molecule has 2 rings (SSSR count). The fraction of sp³-hybridized carbons (Fsp3) is 0.571. The molecule has 0 unspecified atom stereocenters. The molecule has 1 saturated heterocycles. The number of halogens is 2. The summed E-state index contributed by atoms with van der Waals surface area (Å²) in [6.45, 7) is 8.15. The van der Waals surface area contributed by atoms with Crippen molar-refractivity contribution >= 4 is 12.4 Å². The molecule has 1 fully saturated rings. The molecule has 0 aromatic heterocycles. The number of hydrogen-bond donors (Lipinski definition) is 1. The molecule has 0 bridgehead atoms. The van der Waals surface area contributed by atoms with Crippen molar-refractivity contribution < 1.29 is 4.39 Å². The summed E-state index contributed by atoms with van der Waals surface area (Å²) in [5.74, 6) is -0.0870. The zero-order valence-corrected chi connectivity index (χ0v) is 11.9. The Morgan fingerprint density at radius 1 is 1.33 bits per heavy atom. The molecule has 0 saturated carbocycles. The van der Waals surface area contributed by atoms with Gasteiger partial charge in [0.1, 0.15) is 5.82 Å². The van der Waals surface area contributed by atoms with Crippen LogP contribution >= 0.6 is 12.4 Å². The standard InChI is InChI=1S/C14H21FN2.ClH/c1-3-14(17-8-6-16-7-9-17)12-5-4-11(2)13(15)10-12;/h4-5,10,14,16H,3,6-9H2,1-2H3;1H/t14-;/m0./s1. The number of hydrogen-bond acceptors (Lipinski definition) is 2.